The molecule has 0 saturated carbocycles. The largest absolute Gasteiger partial charge is 0.381 e. The summed E-state index contributed by atoms with van der Waals surface area (Å²) in [5, 5.41) is 0. The molecule has 2 unspecified atom stereocenters. The predicted molar refractivity (Wildman–Crippen MR) is 140 cm³/mol. The Kier molecular flexibility index (Phi) is 12.5. The van der Waals surface area contributed by atoms with E-state index in [9.17, 15) is 0 Å². The Bertz CT molecular complexity index is 543. The van der Waals surface area contributed by atoms with Gasteiger partial charge in [0.15, 0.2) is 0 Å². The first-order valence-electron chi connectivity index (χ1n) is 13.2. The van der Waals surface area contributed by atoms with Gasteiger partial charge in [-0.3, -0.25) is 4.99 Å². The van der Waals surface area contributed by atoms with Crippen LogP contribution in [0.4, 0.5) is 0 Å². The van der Waals surface area contributed by atoms with E-state index in [2.05, 4.69) is 67.1 Å². The van der Waals surface area contributed by atoms with Gasteiger partial charge < -0.3 is 25.7 Å². The number of nitrogens with two attached hydrogens (primary N) is 2. The molecule has 6 heteroatoms. The van der Waals surface area contributed by atoms with E-state index in [1.54, 1.807) is 0 Å². The van der Waals surface area contributed by atoms with Gasteiger partial charge in [0.1, 0.15) is 0 Å². The third-order valence-electron chi connectivity index (χ3n) is 8.27. The molecule has 6 nitrogen and oxygen atoms in total. The highest BCUT2D eigenvalue weighted by atomic mass is 16.5. The zero-order valence-corrected chi connectivity index (χ0v) is 23.0. The Hall–Kier alpha value is -0.530. The molecule has 0 bridgehead atoms. The molecule has 3 saturated heterocycles. The van der Waals surface area contributed by atoms with Crippen molar-refractivity contribution in [2.45, 2.75) is 123 Å². The quantitative estimate of drug-likeness (QED) is 0.567. The maximum atomic E-state index is 6.30. The van der Waals surface area contributed by atoms with Crippen LogP contribution in [0.3, 0.4) is 0 Å². The molecule has 0 spiro atoms. The summed E-state index contributed by atoms with van der Waals surface area (Å²) in [4.78, 5) is 4.25. The first kappa shape index (κ1) is 30.5. The SMILES string of the molecule is C=NC1(C(C)C)CCOCC1.CC(C)C1(N)CCOCC1.CC1CC(N)(C(C)C)CC(C)O1. The fraction of sp³-hybridized carbons (Fsp3) is 0.963. The van der Waals surface area contributed by atoms with Crippen molar-refractivity contribution in [2.24, 2.45) is 34.2 Å². The van der Waals surface area contributed by atoms with Gasteiger partial charge in [-0.2, -0.15) is 0 Å². The lowest BCUT2D eigenvalue weighted by Crippen LogP contribution is -2.53. The normalized spacial score (nSPS) is 31.3. The van der Waals surface area contributed by atoms with Gasteiger partial charge >= 0.3 is 0 Å². The number of ether oxygens (including phenoxy) is 3. The summed E-state index contributed by atoms with van der Waals surface area (Å²) in [5.41, 5.74) is 12.6. The lowest BCUT2D eigenvalue weighted by molar-refractivity contribution is -0.0701. The molecule has 3 heterocycles. The van der Waals surface area contributed by atoms with Crippen molar-refractivity contribution in [2.75, 3.05) is 26.4 Å². The van der Waals surface area contributed by atoms with Gasteiger partial charge in [0.05, 0.1) is 17.7 Å². The lowest BCUT2D eigenvalue weighted by atomic mass is 9.77. The fourth-order valence-corrected chi connectivity index (χ4v) is 5.09. The van der Waals surface area contributed by atoms with Gasteiger partial charge in [0, 0.05) is 37.5 Å². The molecule has 0 aromatic carbocycles. The smallest absolute Gasteiger partial charge is 0.0667 e. The first-order chi connectivity index (χ1) is 15.3. The van der Waals surface area contributed by atoms with Gasteiger partial charge in [-0.25, -0.2) is 0 Å². The van der Waals surface area contributed by atoms with Crippen LogP contribution in [0.25, 0.3) is 0 Å². The van der Waals surface area contributed by atoms with Crippen molar-refractivity contribution in [1.29, 1.82) is 0 Å². The minimum atomic E-state index is -0.00289. The zero-order valence-electron chi connectivity index (χ0n) is 23.0. The van der Waals surface area contributed by atoms with Crippen LogP contribution >= 0.6 is 0 Å². The fourth-order valence-electron chi connectivity index (χ4n) is 5.09. The molecule has 4 N–H and O–H groups in total. The van der Waals surface area contributed by atoms with Crippen molar-refractivity contribution in [3.63, 3.8) is 0 Å². The Balaban J connectivity index is 0.000000249. The maximum Gasteiger partial charge on any atom is 0.0667 e. The van der Waals surface area contributed by atoms with E-state index in [0.717, 1.165) is 65.0 Å². The van der Waals surface area contributed by atoms with E-state index in [4.69, 9.17) is 25.7 Å². The van der Waals surface area contributed by atoms with E-state index in [-0.39, 0.29) is 16.6 Å². The number of hydrogen-bond donors (Lipinski definition) is 2. The standard InChI is InChI=1S/C10H21NO.C9H17NO.C8H17NO/c1-7(2)10(11)5-8(3)12-9(4)6-10;1-8(2)9(10-3)4-6-11-7-5-9;1-7(2)8(9)3-5-10-6-4-8/h7-9H,5-6,11H2,1-4H3;8H,3-7H2,1-2H3;7H,3-6,9H2,1-2H3. The lowest BCUT2D eigenvalue weighted by Gasteiger charge is -2.43. The molecule has 33 heavy (non-hydrogen) atoms. The zero-order chi connectivity index (χ0) is 25.3. The Morgan fingerprint density at radius 3 is 1.36 bits per heavy atom. The number of nitrogens with zero attached hydrogens (tertiary/aromatic N) is 1. The monoisotopic (exact) mass is 469 g/mol. The third-order valence-corrected chi connectivity index (χ3v) is 8.27. The molecule has 0 amide bonds. The predicted octanol–water partition coefficient (Wildman–Crippen LogP) is 4.97. The summed E-state index contributed by atoms with van der Waals surface area (Å²) in [6, 6.07) is 0. The van der Waals surface area contributed by atoms with Crippen LogP contribution in [0.5, 0.6) is 0 Å². The summed E-state index contributed by atoms with van der Waals surface area (Å²) in [5.74, 6) is 1.71. The summed E-state index contributed by atoms with van der Waals surface area (Å²) < 4.78 is 16.2. The number of aliphatic imine (C=N–C) groups is 1. The average Bonchev–Trinajstić information content (AvgIpc) is 2.74. The highest BCUT2D eigenvalue weighted by Gasteiger charge is 2.37. The molecule has 0 aromatic heterocycles. The van der Waals surface area contributed by atoms with Gasteiger partial charge in [-0.1, -0.05) is 41.5 Å². The molecular formula is C27H55N3O3. The second kappa shape index (κ2) is 13.5. The van der Waals surface area contributed by atoms with Crippen LogP contribution in [-0.2, 0) is 14.2 Å². The molecule has 3 aliphatic heterocycles. The molecule has 0 aliphatic carbocycles. The van der Waals surface area contributed by atoms with E-state index in [1.165, 1.54) is 0 Å². The number of rotatable bonds is 4. The van der Waals surface area contributed by atoms with E-state index >= 15 is 0 Å². The molecule has 3 fully saturated rings. The molecular weight excluding hydrogens is 414 g/mol. The summed E-state index contributed by atoms with van der Waals surface area (Å²) in [6.45, 7) is 24.5. The first-order valence-corrected chi connectivity index (χ1v) is 13.2. The second-order valence-corrected chi connectivity index (χ2v) is 11.6. The maximum absolute atomic E-state index is 6.30. The van der Waals surface area contributed by atoms with Crippen LogP contribution in [0.1, 0.15) is 93.9 Å². The van der Waals surface area contributed by atoms with Crippen molar-refractivity contribution in [3.8, 4) is 0 Å². The van der Waals surface area contributed by atoms with Gasteiger partial charge in [0.25, 0.3) is 0 Å². The molecule has 196 valence electrons. The van der Waals surface area contributed by atoms with E-state index in [1.807, 2.05) is 0 Å². The van der Waals surface area contributed by atoms with Crippen LogP contribution in [0, 0.1) is 17.8 Å². The third kappa shape index (κ3) is 9.21. The Labute approximate surface area is 204 Å². The van der Waals surface area contributed by atoms with Gasteiger partial charge in [0.2, 0.25) is 0 Å². The van der Waals surface area contributed by atoms with Crippen LogP contribution in [0.2, 0.25) is 0 Å². The molecule has 0 aromatic rings. The van der Waals surface area contributed by atoms with E-state index < -0.39 is 0 Å². The average molecular weight is 470 g/mol. The van der Waals surface area contributed by atoms with Gasteiger partial charge in [-0.15, -0.1) is 0 Å². The Morgan fingerprint density at radius 2 is 1.09 bits per heavy atom. The summed E-state index contributed by atoms with van der Waals surface area (Å²) >= 11 is 0. The van der Waals surface area contributed by atoms with Crippen LogP contribution in [-0.4, -0.2) is 62.0 Å². The Morgan fingerprint density at radius 1 is 0.697 bits per heavy atom. The van der Waals surface area contributed by atoms with E-state index in [0.29, 0.717) is 30.0 Å². The van der Waals surface area contributed by atoms with Crippen molar-refractivity contribution >= 4 is 6.72 Å². The van der Waals surface area contributed by atoms with Crippen molar-refractivity contribution in [1.82, 2.24) is 0 Å². The highest BCUT2D eigenvalue weighted by molar-refractivity contribution is 5.26. The molecule has 3 aliphatic rings. The van der Waals surface area contributed by atoms with Crippen LogP contribution < -0.4 is 11.5 Å². The molecule has 3 rings (SSSR count). The van der Waals surface area contributed by atoms with Crippen LogP contribution in [0.15, 0.2) is 4.99 Å². The molecule has 0 radical (unpaired) electrons. The number of hydrogen-bond acceptors (Lipinski definition) is 6. The van der Waals surface area contributed by atoms with Gasteiger partial charge in [-0.05, 0) is 76.8 Å². The summed E-state index contributed by atoms with van der Waals surface area (Å²) in [7, 11) is 0. The van der Waals surface area contributed by atoms with Crippen molar-refractivity contribution in [3.05, 3.63) is 0 Å². The summed E-state index contributed by atoms with van der Waals surface area (Å²) in [6.07, 6.45) is 6.74. The van der Waals surface area contributed by atoms with Crippen molar-refractivity contribution < 1.29 is 14.2 Å². The minimum absolute atomic E-state index is 0.00289. The second-order valence-electron chi connectivity index (χ2n) is 11.6. The highest BCUT2D eigenvalue weighted by Crippen LogP contribution is 2.33. The minimum Gasteiger partial charge on any atom is -0.381 e. The topological polar surface area (TPSA) is 92.1 Å². The molecule has 2 atom stereocenters.